The van der Waals surface area contributed by atoms with Gasteiger partial charge in [-0.2, -0.15) is 5.10 Å². The predicted molar refractivity (Wildman–Crippen MR) is 111 cm³/mol. The highest BCUT2D eigenvalue weighted by molar-refractivity contribution is 7.13. The monoisotopic (exact) mass is 393 g/mol. The summed E-state index contributed by atoms with van der Waals surface area (Å²) in [4.78, 5) is 28.2. The normalized spacial score (nSPS) is 16.5. The molecular weight excluding hydrogens is 370 g/mol. The molecule has 0 radical (unpaired) electrons. The first-order valence-electron chi connectivity index (χ1n) is 9.57. The summed E-state index contributed by atoms with van der Waals surface area (Å²) in [7, 11) is 0. The summed E-state index contributed by atoms with van der Waals surface area (Å²) in [5.74, 6) is 0.121. The summed E-state index contributed by atoms with van der Waals surface area (Å²) in [6.07, 6.45) is 2.26. The van der Waals surface area contributed by atoms with Crippen LogP contribution in [0.3, 0.4) is 0 Å². The van der Waals surface area contributed by atoms with E-state index >= 15 is 0 Å². The molecule has 5 nitrogen and oxygen atoms in total. The molecule has 1 amide bonds. The Labute approximate surface area is 168 Å². The first kappa shape index (κ1) is 18.6. The smallest absolute Gasteiger partial charge is 0.266 e. The van der Waals surface area contributed by atoms with Gasteiger partial charge in [0.1, 0.15) is 5.69 Å². The maximum Gasteiger partial charge on any atom is 0.266 e. The van der Waals surface area contributed by atoms with Crippen molar-refractivity contribution in [1.82, 2.24) is 14.7 Å². The fourth-order valence-corrected chi connectivity index (χ4v) is 4.48. The predicted octanol–water partition coefficient (Wildman–Crippen LogP) is 3.51. The fraction of sp³-hybridized carbons (Fsp3) is 0.318. The zero-order chi connectivity index (χ0) is 19.5. The zero-order valence-corrected chi connectivity index (χ0v) is 16.7. The number of hydrogen-bond acceptors (Lipinski definition) is 4. The van der Waals surface area contributed by atoms with Crippen LogP contribution in [0.4, 0.5) is 0 Å². The van der Waals surface area contributed by atoms with E-state index in [1.54, 1.807) is 23.5 Å². The number of likely N-dealkylation sites (tertiary alicyclic amines) is 1. The van der Waals surface area contributed by atoms with E-state index in [-0.39, 0.29) is 17.5 Å². The van der Waals surface area contributed by atoms with Gasteiger partial charge in [0.15, 0.2) is 0 Å². The molecule has 4 rings (SSSR count). The molecule has 1 saturated heterocycles. The lowest BCUT2D eigenvalue weighted by atomic mass is 10.1. The van der Waals surface area contributed by atoms with E-state index in [4.69, 9.17) is 0 Å². The van der Waals surface area contributed by atoms with Gasteiger partial charge in [0.25, 0.3) is 5.56 Å². The van der Waals surface area contributed by atoms with Gasteiger partial charge in [0, 0.05) is 12.6 Å². The van der Waals surface area contributed by atoms with Gasteiger partial charge in [0.05, 0.1) is 23.9 Å². The molecule has 3 aromatic rings. The summed E-state index contributed by atoms with van der Waals surface area (Å²) in [6, 6.07) is 15.4. The van der Waals surface area contributed by atoms with Crippen LogP contribution in [0.15, 0.2) is 58.7 Å². The van der Waals surface area contributed by atoms with Gasteiger partial charge < -0.3 is 4.90 Å². The first-order chi connectivity index (χ1) is 13.6. The third-order valence-corrected chi connectivity index (χ3v) is 6.05. The summed E-state index contributed by atoms with van der Waals surface area (Å²) in [6.45, 7) is 3.22. The Morgan fingerprint density at radius 3 is 2.89 bits per heavy atom. The number of aromatic nitrogens is 2. The minimum Gasteiger partial charge on any atom is -0.338 e. The second-order valence-electron chi connectivity index (χ2n) is 7.27. The number of aryl methyl sites for hydroxylation is 1. The molecule has 6 heteroatoms. The van der Waals surface area contributed by atoms with Gasteiger partial charge in [-0.05, 0) is 42.8 Å². The molecule has 1 aromatic carbocycles. The van der Waals surface area contributed by atoms with Crippen molar-refractivity contribution in [1.29, 1.82) is 0 Å². The zero-order valence-electron chi connectivity index (χ0n) is 15.9. The molecule has 0 unspecified atom stereocenters. The van der Waals surface area contributed by atoms with Crippen LogP contribution in [-0.2, 0) is 17.8 Å². The van der Waals surface area contributed by atoms with Gasteiger partial charge in [-0.25, -0.2) is 4.68 Å². The SMILES string of the molecule is Cc1cccc(CC(=O)N2CCC[C@@H]2Cn2nc(-c3cccs3)ccc2=O)c1. The van der Waals surface area contributed by atoms with Crippen molar-refractivity contribution in [2.75, 3.05) is 6.54 Å². The molecule has 0 bridgehead atoms. The molecule has 0 aliphatic carbocycles. The summed E-state index contributed by atoms with van der Waals surface area (Å²) < 4.78 is 1.51. The summed E-state index contributed by atoms with van der Waals surface area (Å²) >= 11 is 1.60. The molecule has 0 N–H and O–H groups in total. The fourth-order valence-electron chi connectivity index (χ4n) is 3.79. The Kier molecular flexibility index (Phi) is 5.39. The van der Waals surface area contributed by atoms with Crippen LogP contribution in [0.5, 0.6) is 0 Å². The molecule has 1 aliphatic rings. The lowest BCUT2D eigenvalue weighted by molar-refractivity contribution is -0.131. The van der Waals surface area contributed by atoms with Crippen LogP contribution < -0.4 is 5.56 Å². The van der Waals surface area contributed by atoms with Crippen LogP contribution in [0.2, 0.25) is 0 Å². The maximum absolute atomic E-state index is 12.9. The van der Waals surface area contributed by atoms with Crippen LogP contribution in [0.1, 0.15) is 24.0 Å². The van der Waals surface area contributed by atoms with E-state index < -0.39 is 0 Å². The molecule has 0 spiro atoms. The first-order valence-corrected chi connectivity index (χ1v) is 10.5. The average molecular weight is 394 g/mol. The van der Waals surface area contributed by atoms with Crippen LogP contribution in [-0.4, -0.2) is 33.2 Å². The van der Waals surface area contributed by atoms with Crippen molar-refractivity contribution in [3.05, 3.63) is 75.4 Å². The van der Waals surface area contributed by atoms with Crippen LogP contribution in [0, 0.1) is 6.92 Å². The standard InChI is InChI=1S/C22H23N3O2S/c1-16-5-2-6-17(13-16)14-22(27)24-11-3-7-18(24)15-25-21(26)10-9-19(23-25)20-8-4-12-28-20/h2,4-6,8-10,12-13,18H,3,7,11,14-15H2,1H3/t18-/m1/s1. The molecule has 1 atom stereocenters. The topological polar surface area (TPSA) is 55.2 Å². The Balaban J connectivity index is 1.50. The molecule has 1 fully saturated rings. The van der Waals surface area contributed by atoms with E-state index in [2.05, 4.69) is 11.2 Å². The Morgan fingerprint density at radius 2 is 2.11 bits per heavy atom. The van der Waals surface area contributed by atoms with E-state index in [1.165, 1.54) is 4.68 Å². The second-order valence-corrected chi connectivity index (χ2v) is 8.21. The third kappa shape index (κ3) is 4.07. The number of carbonyl (C=O) groups excluding carboxylic acids is 1. The minimum atomic E-state index is -0.127. The number of hydrogen-bond donors (Lipinski definition) is 0. The molecule has 144 valence electrons. The summed E-state index contributed by atoms with van der Waals surface area (Å²) in [5, 5.41) is 6.54. The van der Waals surface area contributed by atoms with Crippen molar-refractivity contribution in [3.8, 4) is 10.6 Å². The van der Waals surface area contributed by atoms with Crippen molar-refractivity contribution < 1.29 is 4.79 Å². The number of rotatable bonds is 5. The molecule has 3 heterocycles. The van der Waals surface area contributed by atoms with Gasteiger partial charge in [-0.15, -0.1) is 11.3 Å². The minimum absolute atomic E-state index is 0.0149. The Morgan fingerprint density at radius 1 is 1.21 bits per heavy atom. The highest BCUT2D eigenvalue weighted by atomic mass is 32.1. The number of benzene rings is 1. The molecule has 1 aliphatic heterocycles. The molecular formula is C22H23N3O2S. The lowest BCUT2D eigenvalue weighted by Crippen LogP contribution is -2.41. The molecule has 2 aromatic heterocycles. The van der Waals surface area contributed by atoms with Crippen LogP contribution >= 0.6 is 11.3 Å². The number of thiophene rings is 1. The molecule has 28 heavy (non-hydrogen) atoms. The van der Waals surface area contributed by atoms with E-state index in [9.17, 15) is 9.59 Å². The highest BCUT2D eigenvalue weighted by Gasteiger charge is 2.29. The van der Waals surface area contributed by atoms with Crippen molar-refractivity contribution in [2.45, 2.75) is 38.8 Å². The largest absolute Gasteiger partial charge is 0.338 e. The van der Waals surface area contributed by atoms with Crippen molar-refractivity contribution in [2.24, 2.45) is 0 Å². The van der Waals surface area contributed by atoms with Crippen LogP contribution in [0.25, 0.3) is 10.6 Å². The van der Waals surface area contributed by atoms with E-state index in [1.807, 2.05) is 47.5 Å². The van der Waals surface area contributed by atoms with Gasteiger partial charge in [-0.3, -0.25) is 9.59 Å². The van der Waals surface area contributed by atoms with Gasteiger partial charge in [-0.1, -0.05) is 35.9 Å². The average Bonchev–Trinajstić information content (AvgIpc) is 3.35. The molecule has 0 saturated carbocycles. The van der Waals surface area contributed by atoms with Gasteiger partial charge >= 0.3 is 0 Å². The Bertz CT molecular complexity index is 1030. The van der Waals surface area contributed by atoms with E-state index in [0.29, 0.717) is 13.0 Å². The quantitative estimate of drug-likeness (QED) is 0.667. The van der Waals surface area contributed by atoms with Gasteiger partial charge in [0.2, 0.25) is 5.91 Å². The highest BCUT2D eigenvalue weighted by Crippen LogP contribution is 2.23. The second kappa shape index (κ2) is 8.10. The number of carbonyl (C=O) groups is 1. The number of amides is 1. The third-order valence-electron chi connectivity index (χ3n) is 5.16. The van der Waals surface area contributed by atoms with Crippen molar-refractivity contribution >= 4 is 17.2 Å². The Hall–Kier alpha value is -2.73. The van der Waals surface area contributed by atoms with E-state index in [0.717, 1.165) is 41.1 Å². The summed E-state index contributed by atoms with van der Waals surface area (Å²) in [5.41, 5.74) is 2.86. The van der Waals surface area contributed by atoms with Crippen molar-refractivity contribution in [3.63, 3.8) is 0 Å². The number of nitrogens with zero attached hydrogens (tertiary/aromatic N) is 3. The maximum atomic E-state index is 12.9. The lowest BCUT2D eigenvalue weighted by Gasteiger charge is -2.25.